The van der Waals surface area contributed by atoms with Crippen molar-refractivity contribution in [1.82, 2.24) is 4.90 Å². The van der Waals surface area contributed by atoms with E-state index in [1.54, 1.807) is 0 Å². The third-order valence-electron chi connectivity index (χ3n) is 6.04. The molecular weight excluding hydrogens is 586 g/mol. The molecule has 0 fully saturated rings. The van der Waals surface area contributed by atoms with E-state index in [4.69, 9.17) is 4.74 Å². The number of hydrogen-bond donors (Lipinski definition) is 1. The average molecular weight is 612 g/mol. The fourth-order valence-electron chi connectivity index (χ4n) is 4.08. The van der Waals surface area contributed by atoms with Gasteiger partial charge in [0.05, 0.1) is 30.2 Å². The molecule has 0 bridgehead atoms. The first-order chi connectivity index (χ1) is 19.0. The Morgan fingerprint density at radius 2 is 1.61 bits per heavy atom. The van der Waals surface area contributed by atoms with Gasteiger partial charge in [-0.05, 0) is 30.7 Å². The van der Waals surface area contributed by atoms with E-state index in [0.29, 0.717) is 6.07 Å². The van der Waals surface area contributed by atoms with Crippen molar-refractivity contribution in [3.05, 3.63) is 94.3 Å². The van der Waals surface area contributed by atoms with Crippen LogP contribution in [-0.2, 0) is 35.1 Å². The Bertz CT molecular complexity index is 1460. The van der Waals surface area contributed by atoms with E-state index in [0.717, 1.165) is 59.7 Å². The summed E-state index contributed by atoms with van der Waals surface area (Å²) in [6, 6.07) is 7.67. The number of nitrogens with zero attached hydrogens (tertiary/aromatic N) is 1. The lowest BCUT2D eigenvalue weighted by Crippen LogP contribution is -2.36. The van der Waals surface area contributed by atoms with Gasteiger partial charge in [-0.2, -0.15) is 22.0 Å². The lowest BCUT2D eigenvalue weighted by atomic mass is 10.1. The highest BCUT2D eigenvalue weighted by Crippen LogP contribution is 2.34. The molecule has 0 aliphatic heterocycles. The second kappa shape index (κ2) is 12.7. The van der Waals surface area contributed by atoms with E-state index in [2.05, 4.69) is 0 Å². The standard InChI is InChI=1S/C27H25F8NO4S/c1-41(38,39)24-13-20(12-23(29)21(24)15-37)40-11-3-10-36(16-26(31,32)18-6-8-19(28)9-7-18)14-17-4-2-5-22(25(17)30)27(33,34)35/h2,4-9,12-13,37H,3,10-11,14-16H2,1H3. The first kappa shape index (κ1) is 32.3. The van der Waals surface area contributed by atoms with E-state index in [1.165, 1.54) is 0 Å². The lowest BCUT2D eigenvalue weighted by molar-refractivity contribution is -0.140. The van der Waals surface area contributed by atoms with Crippen LogP contribution in [0, 0.1) is 17.5 Å². The summed E-state index contributed by atoms with van der Waals surface area (Å²) in [6.07, 6.45) is -4.28. The molecule has 1 N–H and O–H groups in total. The van der Waals surface area contributed by atoms with E-state index >= 15 is 8.78 Å². The van der Waals surface area contributed by atoms with Crippen molar-refractivity contribution in [3.8, 4) is 5.75 Å². The van der Waals surface area contributed by atoms with Crippen LogP contribution in [0.1, 0.15) is 28.7 Å². The maximum atomic E-state index is 15.1. The number of aliphatic hydroxyl groups is 1. The first-order valence-electron chi connectivity index (χ1n) is 12.0. The van der Waals surface area contributed by atoms with Crippen molar-refractivity contribution in [2.24, 2.45) is 0 Å². The highest BCUT2D eigenvalue weighted by Gasteiger charge is 2.37. The quantitative estimate of drug-likeness (QED) is 0.199. The number of halogens is 8. The van der Waals surface area contributed by atoms with Crippen molar-refractivity contribution in [2.75, 3.05) is 26.0 Å². The fraction of sp³-hybridized carbons (Fsp3) is 0.333. The molecule has 0 spiro atoms. The molecule has 224 valence electrons. The van der Waals surface area contributed by atoms with Gasteiger partial charge in [-0.3, -0.25) is 4.90 Å². The maximum absolute atomic E-state index is 15.1. The van der Waals surface area contributed by atoms with Crippen molar-refractivity contribution >= 4 is 9.84 Å². The normalized spacial score (nSPS) is 12.7. The van der Waals surface area contributed by atoms with E-state index in [1.807, 2.05) is 0 Å². The van der Waals surface area contributed by atoms with Crippen LogP contribution in [0.2, 0.25) is 0 Å². The summed E-state index contributed by atoms with van der Waals surface area (Å²) in [6.45, 7) is -3.15. The Hall–Kier alpha value is -3.23. The Balaban J connectivity index is 1.81. The zero-order chi connectivity index (χ0) is 30.6. The van der Waals surface area contributed by atoms with Crippen molar-refractivity contribution in [3.63, 3.8) is 0 Å². The summed E-state index contributed by atoms with van der Waals surface area (Å²) in [5.41, 5.74) is -3.08. The van der Waals surface area contributed by atoms with Crippen LogP contribution in [0.5, 0.6) is 5.75 Å². The minimum absolute atomic E-state index is 0.0718. The highest BCUT2D eigenvalue weighted by molar-refractivity contribution is 7.90. The molecule has 0 saturated carbocycles. The lowest BCUT2D eigenvalue weighted by Gasteiger charge is -2.28. The van der Waals surface area contributed by atoms with E-state index < -0.39 is 86.2 Å². The molecule has 0 heterocycles. The number of ether oxygens (including phenoxy) is 1. The molecule has 0 unspecified atom stereocenters. The minimum Gasteiger partial charge on any atom is -0.493 e. The zero-order valence-electron chi connectivity index (χ0n) is 21.5. The molecule has 0 amide bonds. The molecule has 5 nitrogen and oxygen atoms in total. The highest BCUT2D eigenvalue weighted by atomic mass is 32.2. The molecule has 3 aromatic rings. The van der Waals surface area contributed by atoms with Crippen LogP contribution in [0.15, 0.2) is 59.5 Å². The summed E-state index contributed by atoms with van der Waals surface area (Å²) in [5, 5.41) is 9.30. The molecule has 0 saturated heterocycles. The number of alkyl halides is 5. The summed E-state index contributed by atoms with van der Waals surface area (Å²) >= 11 is 0. The predicted octanol–water partition coefficient (Wildman–Crippen LogP) is 6.08. The second-order valence-electron chi connectivity index (χ2n) is 9.21. The molecule has 14 heteroatoms. The third kappa shape index (κ3) is 8.39. The Morgan fingerprint density at radius 3 is 2.20 bits per heavy atom. The number of benzene rings is 3. The molecule has 41 heavy (non-hydrogen) atoms. The van der Waals surface area contributed by atoms with Gasteiger partial charge in [0.15, 0.2) is 9.84 Å². The van der Waals surface area contributed by atoms with Gasteiger partial charge in [-0.15, -0.1) is 0 Å². The summed E-state index contributed by atoms with van der Waals surface area (Å²) in [4.78, 5) is 0.485. The molecule has 3 aromatic carbocycles. The molecule has 0 aliphatic carbocycles. The van der Waals surface area contributed by atoms with E-state index in [9.17, 15) is 39.9 Å². The third-order valence-corrected chi connectivity index (χ3v) is 7.20. The number of aliphatic hydroxyl groups excluding tert-OH is 1. The first-order valence-corrected chi connectivity index (χ1v) is 13.9. The van der Waals surface area contributed by atoms with Crippen LogP contribution < -0.4 is 4.74 Å². The van der Waals surface area contributed by atoms with Gasteiger partial charge < -0.3 is 9.84 Å². The Labute approximate surface area is 230 Å². The number of sulfone groups is 1. The fourth-order valence-corrected chi connectivity index (χ4v) is 5.01. The summed E-state index contributed by atoms with van der Waals surface area (Å²) in [7, 11) is -3.95. The van der Waals surface area contributed by atoms with Crippen molar-refractivity contribution in [1.29, 1.82) is 0 Å². The maximum Gasteiger partial charge on any atom is 0.419 e. The molecule has 0 radical (unpaired) electrons. The molecule has 3 rings (SSSR count). The van der Waals surface area contributed by atoms with Crippen molar-refractivity contribution < 1.29 is 53.4 Å². The molecule has 0 atom stereocenters. The number of hydrogen-bond acceptors (Lipinski definition) is 5. The van der Waals surface area contributed by atoms with Crippen LogP contribution in [0.25, 0.3) is 0 Å². The Morgan fingerprint density at radius 1 is 0.951 bits per heavy atom. The summed E-state index contributed by atoms with van der Waals surface area (Å²) in [5.74, 6) is -7.26. The van der Waals surface area contributed by atoms with Crippen LogP contribution in [-0.4, -0.2) is 44.4 Å². The molecular formula is C27H25F8NO4S. The average Bonchev–Trinajstić information content (AvgIpc) is 2.86. The molecule has 0 aliphatic rings. The van der Waals surface area contributed by atoms with Crippen LogP contribution in [0.3, 0.4) is 0 Å². The minimum atomic E-state index is -5.01. The second-order valence-corrected chi connectivity index (χ2v) is 11.2. The largest absolute Gasteiger partial charge is 0.493 e. The molecule has 0 aromatic heterocycles. The van der Waals surface area contributed by atoms with Crippen LogP contribution >= 0.6 is 0 Å². The van der Waals surface area contributed by atoms with Gasteiger partial charge in [-0.1, -0.05) is 24.3 Å². The van der Waals surface area contributed by atoms with Gasteiger partial charge in [0.1, 0.15) is 23.2 Å². The zero-order valence-corrected chi connectivity index (χ0v) is 22.3. The summed E-state index contributed by atoms with van der Waals surface area (Å²) < 4.78 is 141. The topological polar surface area (TPSA) is 66.8 Å². The predicted molar refractivity (Wildman–Crippen MR) is 133 cm³/mol. The van der Waals surface area contributed by atoms with Gasteiger partial charge in [0, 0.05) is 42.1 Å². The van der Waals surface area contributed by atoms with Gasteiger partial charge in [-0.25, -0.2) is 21.6 Å². The van der Waals surface area contributed by atoms with Crippen LogP contribution in [0.4, 0.5) is 35.1 Å². The van der Waals surface area contributed by atoms with Gasteiger partial charge in [0.2, 0.25) is 0 Å². The van der Waals surface area contributed by atoms with E-state index in [-0.39, 0.29) is 25.3 Å². The Kier molecular flexibility index (Phi) is 10.0. The smallest absolute Gasteiger partial charge is 0.419 e. The van der Waals surface area contributed by atoms with Gasteiger partial charge >= 0.3 is 6.18 Å². The monoisotopic (exact) mass is 611 g/mol. The van der Waals surface area contributed by atoms with Gasteiger partial charge in [0.25, 0.3) is 5.92 Å². The van der Waals surface area contributed by atoms with Crippen molar-refractivity contribution in [2.45, 2.75) is 36.6 Å². The number of rotatable bonds is 12. The SMILES string of the molecule is CS(=O)(=O)c1cc(OCCCN(Cc2cccc(C(F)(F)F)c2F)CC(F)(F)c2ccc(F)cc2)cc(F)c1CO.